The van der Waals surface area contributed by atoms with E-state index < -0.39 is 5.79 Å². The van der Waals surface area contributed by atoms with Gasteiger partial charge in [0, 0.05) is 79.3 Å². The fourth-order valence-corrected chi connectivity index (χ4v) is 4.08. The lowest BCUT2D eigenvalue weighted by molar-refractivity contribution is -0.175. The molecule has 2 saturated heterocycles. The standard InChI is InChI=1S/C12H13ClFNO.C7H5BrClF.C5H11NO2.ClH/c13-10-2-1-9(12(14)7-10)8-15-5-3-11(16)4-6-15;8-4-5-1-2-6(9)3-7(5)10;7-5(8)1-3-6-4-2-5;/h1-2,7H,3-6,8H2;1-3H,4H2;6-8H,1-4H2;1H. The van der Waals surface area contributed by atoms with Crippen LogP contribution in [0.4, 0.5) is 8.78 Å². The predicted octanol–water partition coefficient (Wildman–Crippen LogP) is 5.49. The summed E-state index contributed by atoms with van der Waals surface area (Å²) in [7, 11) is 0. The van der Waals surface area contributed by atoms with Gasteiger partial charge in [0.25, 0.3) is 0 Å². The van der Waals surface area contributed by atoms with Crippen molar-refractivity contribution in [3.8, 4) is 0 Å². The summed E-state index contributed by atoms with van der Waals surface area (Å²) in [5, 5.41) is 22.2. The molecule has 0 bridgehead atoms. The molecule has 2 aliphatic rings. The number of alkyl halides is 1. The zero-order valence-corrected chi connectivity index (χ0v) is 23.0. The third kappa shape index (κ3) is 12.3. The van der Waals surface area contributed by atoms with Crippen LogP contribution in [0.15, 0.2) is 36.4 Å². The molecule has 2 aromatic rings. The SMILES string of the molecule is Cl.Fc1cc(Cl)ccc1CBr.O=C1CCN(Cc2ccc(Cl)cc2F)CC1.OC1(O)CCNCC1. The van der Waals surface area contributed by atoms with Crippen LogP contribution in [0.5, 0.6) is 0 Å². The molecular weight excluding hydrogens is 589 g/mol. The highest BCUT2D eigenvalue weighted by molar-refractivity contribution is 9.08. The third-order valence-electron chi connectivity index (χ3n) is 5.39. The van der Waals surface area contributed by atoms with Crippen LogP contribution in [0.25, 0.3) is 0 Å². The molecule has 2 fully saturated rings. The number of halogens is 6. The largest absolute Gasteiger partial charge is 0.366 e. The van der Waals surface area contributed by atoms with Crippen molar-refractivity contribution in [3.05, 3.63) is 69.2 Å². The molecule has 11 heteroatoms. The Morgan fingerprint density at radius 1 is 0.943 bits per heavy atom. The van der Waals surface area contributed by atoms with Crippen LogP contribution in [-0.4, -0.2) is 52.9 Å². The van der Waals surface area contributed by atoms with Crippen LogP contribution in [0.2, 0.25) is 10.0 Å². The number of rotatable bonds is 3. The van der Waals surface area contributed by atoms with Crippen molar-refractivity contribution in [3.63, 3.8) is 0 Å². The summed E-state index contributed by atoms with van der Waals surface area (Å²) in [6, 6.07) is 9.35. The van der Waals surface area contributed by atoms with Crippen LogP contribution < -0.4 is 5.32 Å². The monoisotopic (exact) mass is 616 g/mol. The molecule has 4 rings (SSSR count). The van der Waals surface area contributed by atoms with E-state index in [1.807, 2.05) is 0 Å². The third-order valence-corrected chi connectivity index (χ3v) is 6.46. The van der Waals surface area contributed by atoms with E-state index in [9.17, 15) is 13.6 Å². The van der Waals surface area contributed by atoms with Crippen LogP contribution in [0.1, 0.15) is 36.8 Å². The average Bonchev–Trinajstić information content (AvgIpc) is 2.78. The number of ketones is 1. The average molecular weight is 619 g/mol. The summed E-state index contributed by atoms with van der Waals surface area (Å²) in [5.74, 6) is -1.62. The summed E-state index contributed by atoms with van der Waals surface area (Å²) in [4.78, 5) is 13.1. The fourth-order valence-electron chi connectivity index (χ4n) is 3.31. The molecule has 3 N–H and O–H groups in total. The fraction of sp³-hybridized carbons (Fsp3) is 0.458. The molecule has 0 unspecified atom stereocenters. The molecule has 0 spiro atoms. The number of piperidine rings is 2. The van der Waals surface area contributed by atoms with Gasteiger partial charge in [0.1, 0.15) is 17.4 Å². The minimum atomic E-state index is -1.38. The molecular formula is C24H30BrCl3F2N2O3. The van der Waals surface area contributed by atoms with E-state index >= 15 is 0 Å². The Labute approximate surface area is 229 Å². The van der Waals surface area contributed by atoms with E-state index in [0.717, 1.165) is 13.1 Å². The Morgan fingerprint density at radius 3 is 1.83 bits per heavy atom. The van der Waals surface area contributed by atoms with Crippen molar-refractivity contribution >= 4 is 57.3 Å². The Morgan fingerprint density at radius 2 is 1.43 bits per heavy atom. The summed E-state index contributed by atoms with van der Waals surface area (Å²) in [5.41, 5.74) is 1.27. The summed E-state index contributed by atoms with van der Waals surface area (Å²) in [6.07, 6.45) is 2.06. The van der Waals surface area contributed by atoms with Crippen LogP contribution in [-0.2, 0) is 16.7 Å². The van der Waals surface area contributed by atoms with Gasteiger partial charge in [-0.25, -0.2) is 8.78 Å². The first kappa shape index (κ1) is 32.2. The smallest absolute Gasteiger partial charge is 0.164 e. The first-order chi connectivity index (χ1) is 16.1. The Hall–Kier alpha value is -0.840. The second-order valence-corrected chi connectivity index (χ2v) is 9.59. The Balaban J connectivity index is 0.000000278. The number of benzene rings is 2. The number of carbonyl (C=O) groups excluding carboxylic acids is 1. The van der Waals surface area contributed by atoms with Crippen LogP contribution in [0.3, 0.4) is 0 Å². The molecule has 196 valence electrons. The van der Waals surface area contributed by atoms with Gasteiger partial charge >= 0.3 is 0 Å². The minimum absolute atomic E-state index is 0. The van der Waals surface area contributed by atoms with E-state index in [4.69, 9.17) is 33.4 Å². The van der Waals surface area contributed by atoms with E-state index in [-0.39, 0.29) is 24.0 Å². The molecule has 2 aliphatic heterocycles. The maximum absolute atomic E-state index is 13.5. The number of hydrogen-bond donors (Lipinski definition) is 3. The van der Waals surface area contributed by atoms with Crippen LogP contribution >= 0.6 is 51.5 Å². The van der Waals surface area contributed by atoms with E-state index in [2.05, 4.69) is 26.1 Å². The van der Waals surface area contributed by atoms with Gasteiger partial charge in [0.05, 0.1) is 0 Å². The van der Waals surface area contributed by atoms with E-state index in [1.165, 1.54) is 12.1 Å². The molecule has 0 saturated carbocycles. The molecule has 2 aromatic carbocycles. The van der Waals surface area contributed by atoms with Crippen molar-refractivity contribution in [1.82, 2.24) is 10.2 Å². The van der Waals surface area contributed by atoms with Crippen molar-refractivity contribution in [1.29, 1.82) is 0 Å². The molecule has 2 heterocycles. The van der Waals surface area contributed by atoms with Gasteiger partial charge in [-0.1, -0.05) is 51.3 Å². The lowest BCUT2D eigenvalue weighted by atomic mass is 10.1. The molecule has 0 radical (unpaired) electrons. The van der Waals surface area contributed by atoms with E-state index in [1.54, 1.807) is 24.3 Å². The lowest BCUT2D eigenvalue weighted by Crippen LogP contribution is -2.41. The Kier molecular flexibility index (Phi) is 14.8. The second-order valence-electron chi connectivity index (χ2n) is 8.15. The molecule has 5 nitrogen and oxygen atoms in total. The number of nitrogens with one attached hydrogen (secondary N) is 1. The number of likely N-dealkylation sites (tertiary alicyclic amines) is 1. The first-order valence-electron chi connectivity index (χ1n) is 10.9. The number of Topliss-reactive ketones (excluding diaryl/α,β-unsaturated/α-hetero) is 1. The van der Waals surface area contributed by atoms with Crippen LogP contribution in [0, 0.1) is 11.6 Å². The molecule has 0 amide bonds. The predicted molar refractivity (Wildman–Crippen MR) is 141 cm³/mol. The van der Waals surface area contributed by atoms with Crippen molar-refractivity contribution in [2.45, 2.75) is 43.3 Å². The highest BCUT2D eigenvalue weighted by Crippen LogP contribution is 2.18. The topological polar surface area (TPSA) is 72.8 Å². The van der Waals surface area contributed by atoms with Gasteiger partial charge in [-0.15, -0.1) is 12.4 Å². The molecule has 0 atom stereocenters. The van der Waals surface area contributed by atoms with Gasteiger partial charge in [-0.05, 0) is 29.8 Å². The first-order valence-corrected chi connectivity index (χ1v) is 12.8. The van der Waals surface area contributed by atoms with Crippen molar-refractivity contribution < 1.29 is 23.8 Å². The van der Waals surface area contributed by atoms with Gasteiger partial charge in [-0.3, -0.25) is 9.69 Å². The summed E-state index contributed by atoms with van der Waals surface area (Å²) in [6.45, 7) is 3.43. The maximum atomic E-state index is 13.5. The highest BCUT2D eigenvalue weighted by Gasteiger charge is 2.24. The molecule has 0 aromatic heterocycles. The maximum Gasteiger partial charge on any atom is 0.164 e. The lowest BCUT2D eigenvalue weighted by Gasteiger charge is -2.26. The van der Waals surface area contributed by atoms with Crippen molar-refractivity contribution in [2.75, 3.05) is 26.2 Å². The zero-order chi connectivity index (χ0) is 25.1. The minimum Gasteiger partial charge on any atom is -0.366 e. The van der Waals surface area contributed by atoms with Gasteiger partial charge in [0.15, 0.2) is 5.79 Å². The summed E-state index contributed by atoms with van der Waals surface area (Å²) >= 11 is 14.3. The van der Waals surface area contributed by atoms with Crippen molar-refractivity contribution in [2.24, 2.45) is 0 Å². The second kappa shape index (κ2) is 16.1. The van der Waals surface area contributed by atoms with E-state index in [0.29, 0.717) is 77.6 Å². The summed E-state index contributed by atoms with van der Waals surface area (Å²) < 4.78 is 26.2. The normalized spacial score (nSPS) is 17.3. The Bertz CT molecular complexity index is 936. The molecule has 0 aliphatic carbocycles. The number of nitrogens with zero attached hydrogens (tertiary/aromatic N) is 1. The number of hydrogen-bond acceptors (Lipinski definition) is 5. The van der Waals surface area contributed by atoms with Gasteiger partial charge < -0.3 is 15.5 Å². The molecule has 35 heavy (non-hydrogen) atoms. The van der Waals surface area contributed by atoms with Gasteiger partial charge in [0.2, 0.25) is 0 Å². The quantitative estimate of drug-likeness (QED) is 0.314. The van der Waals surface area contributed by atoms with Gasteiger partial charge in [-0.2, -0.15) is 0 Å². The highest BCUT2D eigenvalue weighted by atomic mass is 79.9. The number of carbonyl (C=O) groups is 1. The number of aliphatic hydroxyl groups is 2. The zero-order valence-electron chi connectivity index (χ0n) is 19.1.